The summed E-state index contributed by atoms with van der Waals surface area (Å²) in [5, 5.41) is 0. The Labute approximate surface area is 120 Å². The fourth-order valence-corrected chi connectivity index (χ4v) is 2.50. The summed E-state index contributed by atoms with van der Waals surface area (Å²) < 4.78 is 5.68. The first-order valence-corrected chi connectivity index (χ1v) is 7.47. The van der Waals surface area contributed by atoms with Gasteiger partial charge in [-0.25, -0.2) is 4.98 Å². The molecule has 3 nitrogen and oxygen atoms in total. The van der Waals surface area contributed by atoms with E-state index < -0.39 is 0 Å². The number of hydrogen-bond donors (Lipinski definition) is 0. The van der Waals surface area contributed by atoms with Crippen LogP contribution in [0.4, 0.5) is 5.82 Å². The largest absolute Gasteiger partial charge is 0.379 e. The molecule has 19 heavy (non-hydrogen) atoms. The predicted molar refractivity (Wildman–Crippen MR) is 80.1 cm³/mol. The Balaban J connectivity index is 1.94. The Bertz CT molecular complexity index is 432. The van der Waals surface area contributed by atoms with Gasteiger partial charge in [0, 0.05) is 31.5 Å². The van der Waals surface area contributed by atoms with E-state index in [0.29, 0.717) is 5.88 Å². The zero-order valence-corrected chi connectivity index (χ0v) is 12.8. The highest BCUT2D eigenvalue weighted by Crippen LogP contribution is 2.28. The number of ether oxygens (including phenoxy) is 1. The first-order valence-electron chi connectivity index (χ1n) is 6.93. The van der Waals surface area contributed by atoms with Gasteiger partial charge in [0.1, 0.15) is 5.82 Å². The number of alkyl halides is 1. The Kier molecular flexibility index (Phi) is 5.06. The quantitative estimate of drug-likeness (QED) is 0.567. The van der Waals surface area contributed by atoms with Gasteiger partial charge in [-0.05, 0) is 44.2 Å². The van der Waals surface area contributed by atoms with Gasteiger partial charge in [-0.15, -0.1) is 11.6 Å². The smallest absolute Gasteiger partial charge is 0.133 e. The number of nitrogens with zero attached hydrogens (tertiary/aromatic N) is 2. The lowest BCUT2D eigenvalue weighted by Crippen LogP contribution is -2.25. The molecule has 1 aromatic heterocycles. The van der Waals surface area contributed by atoms with Crippen molar-refractivity contribution in [2.45, 2.75) is 32.6 Å². The number of aryl methyl sites for hydroxylation is 2. The second-order valence-corrected chi connectivity index (χ2v) is 5.72. The highest BCUT2D eigenvalue weighted by atomic mass is 35.5. The van der Waals surface area contributed by atoms with Gasteiger partial charge in [-0.1, -0.05) is 0 Å². The van der Waals surface area contributed by atoms with Gasteiger partial charge in [0.25, 0.3) is 0 Å². The van der Waals surface area contributed by atoms with Crippen molar-refractivity contribution in [3.63, 3.8) is 0 Å². The van der Waals surface area contributed by atoms with Crippen molar-refractivity contribution >= 4 is 17.4 Å². The highest BCUT2D eigenvalue weighted by Gasteiger charge is 2.21. The maximum atomic E-state index is 6.05. The molecule has 0 atom stereocenters. The first-order chi connectivity index (χ1) is 9.11. The number of hydrogen-bond acceptors (Lipinski definition) is 3. The molecule has 4 heteroatoms. The fraction of sp³-hybridized carbons (Fsp3) is 0.667. The van der Waals surface area contributed by atoms with Gasteiger partial charge < -0.3 is 9.64 Å². The third kappa shape index (κ3) is 4.08. The van der Waals surface area contributed by atoms with Gasteiger partial charge in [0.2, 0.25) is 0 Å². The molecule has 106 valence electrons. The Morgan fingerprint density at radius 1 is 1.42 bits per heavy atom. The van der Waals surface area contributed by atoms with Crippen molar-refractivity contribution in [3.05, 3.63) is 22.9 Å². The minimum absolute atomic E-state index is 0.502. The summed E-state index contributed by atoms with van der Waals surface area (Å²) in [5.41, 5.74) is 3.37. The Morgan fingerprint density at radius 2 is 2.16 bits per heavy atom. The van der Waals surface area contributed by atoms with E-state index in [1.54, 1.807) is 0 Å². The average molecular weight is 283 g/mol. The standard InChI is InChI=1S/C15H23ClN2O/c1-11-8-12(2)17-15(14(11)9-16)18(3)6-7-19-10-13-4-5-13/h8,13H,4-7,9-10H2,1-3H3. The predicted octanol–water partition coefficient (Wildman–Crippen LogP) is 3.30. The summed E-state index contributed by atoms with van der Waals surface area (Å²) >= 11 is 6.05. The molecule has 0 saturated heterocycles. The van der Waals surface area contributed by atoms with Gasteiger partial charge >= 0.3 is 0 Å². The van der Waals surface area contributed by atoms with Crippen molar-refractivity contribution in [1.82, 2.24) is 4.98 Å². The molecule has 0 radical (unpaired) electrons. The topological polar surface area (TPSA) is 25.4 Å². The van der Waals surface area contributed by atoms with E-state index in [9.17, 15) is 0 Å². The summed E-state index contributed by atoms with van der Waals surface area (Å²) in [6.45, 7) is 6.63. The molecule has 2 rings (SSSR count). The van der Waals surface area contributed by atoms with Crippen LogP contribution in [0.25, 0.3) is 0 Å². The van der Waals surface area contributed by atoms with E-state index in [4.69, 9.17) is 16.3 Å². The van der Waals surface area contributed by atoms with Crippen LogP contribution in [-0.4, -0.2) is 31.8 Å². The van der Waals surface area contributed by atoms with Gasteiger partial charge in [-0.3, -0.25) is 0 Å². The zero-order valence-electron chi connectivity index (χ0n) is 12.1. The SMILES string of the molecule is Cc1cc(C)c(CCl)c(N(C)CCOCC2CC2)n1. The number of aromatic nitrogens is 1. The van der Waals surface area contributed by atoms with Crippen molar-refractivity contribution in [2.24, 2.45) is 5.92 Å². The summed E-state index contributed by atoms with van der Waals surface area (Å²) in [6, 6.07) is 2.08. The number of rotatable bonds is 7. The molecule has 0 unspecified atom stereocenters. The Morgan fingerprint density at radius 3 is 2.79 bits per heavy atom. The van der Waals surface area contributed by atoms with E-state index in [1.165, 1.54) is 18.4 Å². The lowest BCUT2D eigenvalue weighted by atomic mass is 10.1. The number of anilines is 1. The molecule has 1 aliphatic carbocycles. The van der Waals surface area contributed by atoms with Crippen LogP contribution in [0.15, 0.2) is 6.07 Å². The normalized spacial score (nSPS) is 14.7. The van der Waals surface area contributed by atoms with Crippen molar-refractivity contribution in [3.8, 4) is 0 Å². The maximum absolute atomic E-state index is 6.05. The second-order valence-electron chi connectivity index (χ2n) is 5.46. The lowest BCUT2D eigenvalue weighted by Gasteiger charge is -2.22. The van der Waals surface area contributed by atoms with E-state index in [1.807, 2.05) is 6.92 Å². The molecule has 0 amide bonds. The molecule has 0 bridgehead atoms. The van der Waals surface area contributed by atoms with Crippen LogP contribution >= 0.6 is 11.6 Å². The van der Waals surface area contributed by atoms with E-state index in [0.717, 1.165) is 42.8 Å². The van der Waals surface area contributed by atoms with Crippen LogP contribution < -0.4 is 4.90 Å². The summed E-state index contributed by atoms with van der Waals surface area (Å²) in [7, 11) is 2.05. The summed E-state index contributed by atoms with van der Waals surface area (Å²) in [5.74, 6) is 2.31. The fourth-order valence-electron chi connectivity index (χ4n) is 2.17. The molecule has 0 aliphatic heterocycles. The van der Waals surface area contributed by atoms with Crippen molar-refractivity contribution in [2.75, 3.05) is 31.7 Å². The molecular weight excluding hydrogens is 260 g/mol. The lowest BCUT2D eigenvalue weighted by molar-refractivity contribution is 0.130. The molecule has 0 aromatic carbocycles. The monoisotopic (exact) mass is 282 g/mol. The molecule has 0 N–H and O–H groups in total. The molecule has 0 spiro atoms. The van der Waals surface area contributed by atoms with Crippen LogP contribution in [0.2, 0.25) is 0 Å². The zero-order chi connectivity index (χ0) is 13.8. The van der Waals surface area contributed by atoms with E-state index in [-0.39, 0.29) is 0 Å². The highest BCUT2D eigenvalue weighted by molar-refractivity contribution is 6.17. The van der Waals surface area contributed by atoms with Crippen LogP contribution in [0.5, 0.6) is 0 Å². The molecule has 1 heterocycles. The molecule has 1 aliphatic rings. The maximum Gasteiger partial charge on any atom is 0.133 e. The van der Waals surface area contributed by atoms with Crippen molar-refractivity contribution in [1.29, 1.82) is 0 Å². The van der Waals surface area contributed by atoms with Crippen molar-refractivity contribution < 1.29 is 4.74 Å². The number of pyridine rings is 1. The molecule has 1 aromatic rings. The summed E-state index contributed by atoms with van der Waals surface area (Å²) in [6.07, 6.45) is 2.68. The minimum atomic E-state index is 0.502. The van der Waals surface area contributed by atoms with Crippen LogP contribution in [-0.2, 0) is 10.6 Å². The van der Waals surface area contributed by atoms with Gasteiger partial charge in [-0.2, -0.15) is 0 Å². The average Bonchev–Trinajstić information content (AvgIpc) is 3.17. The minimum Gasteiger partial charge on any atom is -0.379 e. The molecule has 1 saturated carbocycles. The molecular formula is C15H23ClN2O. The van der Waals surface area contributed by atoms with E-state index in [2.05, 4.69) is 29.9 Å². The van der Waals surface area contributed by atoms with Crippen LogP contribution in [0, 0.1) is 19.8 Å². The number of likely N-dealkylation sites (N-methyl/N-ethyl adjacent to an activating group) is 1. The van der Waals surface area contributed by atoms with Crippen LogP contribution in [0.3, 0.4) is 0 Å². The number of halogens is 1. The Hall–Kier alpha value is -0.800. The van der Waals surface area contributed by atoms with Gasteiger partial charge in [0.05, 0.1) is 12.5 Å². The third-order valence-corrected chi connectivity index (χ3v) is 3.84. The second kappa shape index (κ2) is 6.58. The molecule has 1 fully saturated rings. The third-order valence-electron chi connectivity index (χ3n) is 3.57. The first kappa shape index (κ1) is 14.6. The van der Waals surface area contributed by atoms with Gasteiger partial charge in [0.15, 0.2) is 0 Å². The van der Waals surface area contributed by atoms with Crippen LogP contribution in [0.1, 0.15) is 29.7 Å². The van der Waals surface area contributed by atoms with E-state index >= 15 is 0 Å². The summed E-state index contributed by atoms with van der Waals surface area (Å²) in [4.78, 5) is 6.76.